The smallest absolute Gasteiger partial charge is 0.290 e. The third-order valence-corrected chi connectivity index (χ3v) is 5.50. The number of aryl methyl sites for hydroxylation is 2. The Kier molecular flexibility index (Phi) is 4.56. The van der Waals surface area contributed by atoms with Crippen molar-refractivity contribution in [3.05, 3.63) is 34.8 Å². The molecule has 1 amide bonds. The molecule has 2 aromatic rings. The van der Waals surface area contributed by atoms with E-state index < -0.39 is 0 Å². The minimum Gasteiger partial charge on any atom is -0.456 e. The summed E-state index contributed by atoms with van der Waals surface area (Å²) < 4.78 is 8.07. The molecular weight excluding hydrogens is 330 g/mol. The van der Waals surface area contributed by atoms with Gasteiger partial charge in [0.25, 0.3) is 5.91 Å². The van der Waals surface area contributed by atoms with Gasteiger partial charge < -0.3 is 13.9 Å². The second kappa shape index (κ2) is 6.87. The zero-order chi connectivity index (χ0) is 18.3. The Morgan fingerprint density at radius 2 is 2.08 bits per heavy atom. The van der Waals surface area contributed by atoms with Crippen LogP contribution in [-0.4, -0.2) is 50.1 Å². The molecule has 2 aliphatic heterocycles. The van der Waals surface area contributed by atoms with Gasteiger partial charge in [0.1, 0.15) is 11.6 Å². The van der Waals surface area contributed by atoms with Crippen LogP contribution < -0.4 is 0 Å². The monoisotopic (exact) mass is 357 g/mol. The SMILES string of the molecule is CCc1oc(C(=O)N2Cc3nnc(C)n3C(C)C2)cc1CN1CCCC1. The van der Waals surface area contributed by atoms with Gasteiger partial charge in [0.2, 0.25) is 0 Å². The van der Waals surface area contributed by atoms with Crippen molar-refractivity contribution in [3.63, 3.8) is 0 Å². The van der Waals surface area contributed by atoms with Gasteiger partial charge in [-0.2, -0.15) is 0 Å². The standard InChI is InChI=1S/C19H27N5O2/c1-4-16-15(11-22-7-5-6-8-22)9-17(26-16)19(25)23-10-13(2)24-14(3)20-21-18(24)12-23/h9,13H,4-8,10-12H2,1-3H3. The van der Waals surface area contributed by atoms with Crippen LogP contribution in [0.25, 0.3) is 0 Å². The summed E-state index contributed by atoms with van der Waals surface area (Å²) in [5.41, 5.74) is 1.15. The second-order valence-corrected chi connectivity index (χ2v) is 7.46. The van der Waals surface area contributed by atoms with E-state index in [0.29, 0.717) is 18.8 Å². The number of fused-ring (bicyclic) bond motifs is 1. The fourth-order valence-electron chi connectivity index (χ4n) is 4.23. The quantitative estimate of drug-likeness (QED) is 0.841. The second-order valence-electron chi connectivity index (χ2n) is 7.46. The van der Waals surface area contributed by atoms with Crippen LogP contribution in [0.2, 0.25) is 0 Å². The first-order chi connectivity index (χ1) is 12.6. The third-order valence-electron chi connectivity index (χ3n) is 5.50. The van der Waals surface area contributed by atoms with Crippen molar-refractivity contribution in [2.45, 2.75) is 59.2 Å². The van der Waals surface area contributed by atoms with Gasteiger partial charge in [0.05, 0.1) is 12.6 Å². The number of nitrogens with zero attached hydrogens (tertiary/aromatic N) is 5. The maximum atomic E-state index is 13.0. The van der Waals surface area contributed by atoms with E-state index in [4.69, 9.17) is 4.42 Å². The Morgan fingerprint density at radius 3 is 2.81 bits per heavy atom. The van der Waals surface area contributed by atoms with Crippen LogP contribution in [-0.2, 0) is 19.5 Å². The minimum absolute atomic E-state index is 0.0499. The van der Waals surface area contributed by atoms with E-state index in [1.165, 1.54) is 12.8 Å². The lowest BCUT2D eigenvalue weighted by atomic mass is 10.1. The van der Waals surface area contributed by atoms with Gasteiger partial charge >= 0.3 is 0 Å². The molecule has 0 spiro atoms. The molecular formula is C19H27N5O2. The Morgan fingerprint density at radius 1 is 1.31 bits per heavy atom. The van der Waals surface area contributed by atoms with E-state index >= 15 is 0 Å². The number of hydrogen-bond acceptors (Lipinski definition) is 5. The highest BCUT2D eigenvalue weighted by atomic mass is 16.4. The van der Waals surface area contributed by atoms with Crippen LogP contribution >= 0.6 is 0 Å². The summed E-state index contributed by atoms with van der Waals surface area (Å²) in [5.74, 6) is 3.08. The lowest BCUT2D eigenvalue weighted by Crippen LogP contribution is -2.40. The van der Waals surface area contributed by atoms with Crippen molar-refractivity contribution in [3.8, 4) is 0 Å². The van der Waals surface area contributed by atoms with Crippen molar-refractivity contribution in [1.29, 1.82) is 0 Å². The number of aromatic nitrogens is 3. The van der Waals surface area contributed by atoms with E-state index in [9.17, 15) is 4.79 Å². The average Bonchev–Trinajstić information content (AvgIpc) is 3.35. The summed E-state index contributed by atoms with van der Waals surface area (Å²) in [6, 6.07) is 2.12. The van der Waals surface area contributed by atoms with Gasteiger partial charge in [-0.15, -0.1) is 10.2 Å². The number of hydrogen-bond donors (Lipinski definition) is 0. The van der Waals surface area contributed by atoms with Crippen LogP contribution in [0.15, 0.2) is 10.5 Å². The van der Waals surface area contributed by atoms with E-state index in [1.54, 1.807) is 0 Å². The highest BCUT2D eigenvalue weighted by Gasteiger charge is 2.30. The molecule has 0 radical (unpaired) electrons. The van der Waals surface area contributed by atoms with Crippen molar-refractivity contribution < 1.29 is 9.21 Å². The molecule has 1 saturated heterocycles. The Balaban J connectivity index is 1.54. The van der Waals surface area contributed by atoms with Gasteiger partial charge in [0.15, 0.2) is 11.6 Å². The highest BCUT2D eigenvalue weighted by molar-refractivity contribution is 5.91. The van der Waals surface area contributed by atoms with Crippen LogP contribution in [0.1, 0.15) is 66.3 Å². The van der Waals surface area contributed by atoms with E-state index in [-0.39, 0.29) is 11.9 Å². The van der Waals surface area contributed by atoms with Crippen molar-refractivity contribution >= 4 is 5.91 Å². The van der Waals surface area contributed by atoms with E-state index in [1.807, 2.05) is 17.9 Å². The summed E-state index contributed by atoms with van der Waals surface area (Å²) >= 11 is 0. The molecule has 0 saturated carbocycles. The minimum atomic E-state index is -0.0499. The Hall–Kier alpha value is -2.15. The number of amides is 1. The molecule has 0 bridgehead atoms. The molecule has 1 unspecified atom stereocenters. The molecule has 7 heteroatoms. The molecule has 2 aliphatic rings. The van der Waals surface area contributed by atoms with Crippen LogP contribution in [0, 0.1) is 6.92 Å². The number of rotatable bonds is 4. The molecule has 26 heavy (non-hydrogen) atoms. The predicted molar refractivity (Wildman–Crippen MR) is 96.8 cm³/mol. The summed E-state index contributed by atoms with van der Waals surface area (Å²) in [6.45, 7) is 10.4. The van der Waals surface area contributed by atoms with Crippen molar-refractivity contribution in [2.75, 3.05) is 19.6 Å². The number of furan rings is 1. The maximum absolute atomic E-state index is 13.0. The third kappa shape index (κ3) is 3.05. The van der Waals surface area contributed by atoms with Crippen LogP contribution in [0.5, 0.6) is 0 Å². The zero-order valence-electron chi connectivity index (χ0n) is 15.9. The Bertz CT molecular complexity index is 803. The van der Waals surface area contributed by atoms with Crippen LogP contribution in [0.3, 0.4) is 0 Å². The average molecular weight is 357 g/mol. The van der Waals surface area contributed by atoms with Crippen molar-refractivity contribution in [1.82, 2.24) is 24.6 Å². The summed E-state index contributed by atoms with van der Waals surface area (Å²) in [5, 5.41) is 8.37. The molecule has 2 aromatic heterocycles. The lowest BCUT2D eigenvalue weighted by Gasteiger charge is -2.31. The zero-order valence-corrected chi connectivity index (χ0v) is 15.9. The largest absolute Gasteiger partial charge is 0.456 e. The molecule has 0 aromatic carbocycles. The number of likely N-dealkylation sites (tertiary alicyclic amines) is 1. The van der Waals surface area contributed by atoms with Gasteiger partial charge in [-0.1, -0.05) is 6.92 Å². The molecule has 1 atom stereocenters. The number of carbonyl (C=O) groups is 1. The maximum Gasteiger partial charge on any atom is 0.290 e. The molecule has 140 valence electrons. The molecule has 4 heterocycles. The molecule has 4 rings (SSSR count). The first-order valence-corrected chi connectivity index (χ1v) is 9.60. The number of carbonyl (C=O) groups excluding carboxylic acids is 1. The highest BCUT2D eigenvalue weighted by Crippen LogP contribution is 2.25. The summed E-state index contributed by atoms with van der Waals surface area (Å²) in [7, 11) is 0. The van der Waals surface area contributed by atoms with E-state index in [0.717, 1.165) is 49.0 Å². The fourth-order valence-corrected chi connectivity index (χ4v) is 4.23. The van der Waals surface area contributed by atoms with Gasteiger partial charge in [-0.05, 0) is 45.8 Å². The normalized spacial score (nSPS) is 20.6. The van der Waals surface area contributed by atoms with Crippen LogP contribution in [0.4, 0.5) is 0 Å². The van der Waals surface area contributed by atoms with Gasteiger partial charge in [-0.3, -0.25) is 9.69 Å². The summed E-state index contributed by atoms with van der Waals surface area (Å²) in [6.07, 6.45) is 3.33. The van der Waals surface area contributed by atoms with E-state index in [2.05, 4.69) is 33.5 Å². The predicted octanol–water partition coefficient (Wildman–Crippen LogP) is 2.55. The first-order valence-electron chi connectivity index (χ1n) is 9.60. The Labute approximate surface area is 154 Å². The molecule has 0 N–H and O–H groups in total. The summed E-state index contributed by atoms with van der Waals surface area (Å²) in [4.78, 5) is 17.3. The molecule has 1 fully saturated rings. The van der Waals surface area contributed by atoms with Crippen molar-refractivity contribution in [2.24, 2.45) is 0 Å². The van der Waals surface area contributed by atoms with Gasteiger partial charge in [0, 0.05) is 25.1 Å². The topological polar surface area (TPSA) is 67.4 Å². The molecule has 7 nitrogen and oxygen atoms in total. The van der Waals surface area contributed by atoms with Gasteiger partial charge in [-0.25, -0.2) is 0 Å². The first kappa shape index (κ1) is 17.3. The lowest BCUT2D eigenvalue weighted by molar-refractivity contribution is 0.0646. The fraction of sp³-hybridized carbons (Fsp3) is 0.632. The molecule has 0 aliphatic carbocycles.